The standard InChI is InChI=1S/C21H21ClN2O3/c22-17-7-9-18(10-8-17)26-15-11-20(25)23-13-3-14-27-19-6-1-4-16-5-2-12-24-21(16)19/h1-2,4-10,12H,3,11,13-15H2,(H,23,25). The predicted octanol–water partition coefficient (Wildman–Crippen LogP) is 4.24. The molecular weight excluding hydrogens is 364 g/mol. The molecular formula is C21H21ClN2O3. The van der Waals surface area contributed by atoms with Crippen LogP contribution in [0.1, 0.15) is 12.8 Å². The first kappa shape index (κ1) is 19.0. The van der Waals surface area contributed by atoms with Gasteiger partial charge in [0.2, 0.25) is 5.91 Å². The van der Waals surface area contributed by atoms with E-state index in [0.29, 0.717) is 43.4 Å². The minimum absolute atomic E-state index is 0.0456. The van der Waals surface area contributed by atoms with Crippen molar-refractivity contribution in [3.8, 4) is 11.5 Å². The van der Waals surface area contributed by atoms with Crippen LogP contribution in [0.2, 0.25) is 5.02 Å². The van der Waals surface area contributed by atoms with Gasteiger partial charge in [0, 0.05) is 23.2 Å². The molecule has 0 unspecified atom stereocenters. The number of amides is 1. The Labute approximate surface area is 163 Å². The SMILES string of the molecule is O=C(CCOc1ccc(Cl)cc1)NCCCOc1cccc2cccnc12. The summed E-state index contributed by atoms with van der Waals surface area (Å²) >= 11 is 5.81. The smallest absolute Gasteiger partial charge is 0.223 e. The highest BCUT2D eigenvalue weighted by atomic mass is 35.5. The number of rotatable bonds is 9. The van der Waals surface area contributed by atoms with Crippen LogP contribution < -0.4 is 14.8 Å². The molecule has 6 heteroatoms. The number of nitrogens with zero attached hydrogens (tertiary/aromatic N) is 1. The minimum atomic E-state index is -0.0456. The summed E-state index contributed by atoms with van der Waals surface area (Å²) in [6, 6.07) is 16.8. The fraction of sp³-hybridized carbons (Fsp3) is 0.238. The molecule has 27 heavy (non-hydrogen) atoms. The monoisotopic (exact) mass is 384 g/mol. The molecule has 0 atom stereocenters. The third kappa shape index (κ3) is 5.86. The zero-order valence-corrected chi connectivity index (χ0v) is 15.6. The Balaban J connectivity index is 1.31. The first-order chi connectivity index (χ1) is 13.2. The van der Waals surface area contributed by atoms with Crippen molar-refractivity contribution in [1.29, 1.82) is 0 Å². The lowest BCUT2D eigenvalue weighted by atomic mass is 10.2. The van der Waals surface area contributed by atoms with Crippen LogP contribution in [0.4, 0.5) is 0 Å². The zero-order chi connectivity index (χ0) is 18.9. The van der Waals surface area contributed by atoms with E-state index in [1.54, 1.807) is 30.5 Å². The van der Waals surface area contributed by atoms with E-state index in [9.17, 15) is 4.79 Å². The van der Waals surface area contributed by atoms with Crippen molar-refractivity contribution in [2.45, 2.75) is 12.8 Å². The second-order valence-electron chi connectivity index (χ2n) is 5.94. The number of para-hydroxylation sites is 1. The highest BCUT2D eigenvalue weighted by Gasteiger charge is 2.04. The molecule has 1 heterocycles. The number of hydrogen-bond donors (Lipinski definition) is 1. The molecule has 1 N–H and O–H groups in total. The van der Waals surface area contributed by atoms with Crippen LogP contribution >= 0.6 is 11.6 Å². The van der Waals surface area contributed by atoms with Crippen LogP contribution in [0.5, 0.6) is 11.5 Å². The summed E-state index contributed by atoms with van der Waals surface area (Å²) < 4.78 is 11.3. The van der Waals surface area contributed by atoms with Crippen LogP contribution in [-0.2, 0) is 4.79 Å². The number of fused-ring (bicyclic) bond motifs is 1. The van der Waals surface area contributed by atoms with Crippen molar-refractivity contribution in [3.05, 3.63) is 65.8 Å². The lowest BCUT2D eigenvalue weighted by Gasteiger charge is -2.09. The van der Waals surface area contributed by atoms with Crippen LogP contribution in [0, 0.1) is 0 Å². The molecule has 3 rings (SSSR count). The average Bonchev–Trinajstić information content (AvgIpc) is 2.69. The van der Waals surface area contributed by atoms with Gasteiger partial charge in [0.25, 0.3) is 0 Å². The second kappa shape index (κ2) is 9.78. The fourth-order valence-corrected chi connectivity index (χ4v) is 2.68. The lowest BCUT2D eigenvalue weighted by Crippen LogP contribution is -2.26. The third-order valence-electron chi connectivity index (χ3n) is 3.91. The number of aromatic nitrogens is 1. The molecule has 1 aromatic heterocycles. The number of hydrogen-bond acceptors (Lipinski definition) is 4. The Morgan fingerprint density at radius 1 is 1.00 bits per heavy atom. The number of carbonyl (C=O) groups excluding carboxylic acids is 1. The van der Waals surface area contributed by atoms with Crippen molar-refractivity contribution in [1.82, 2.24) is 10.3 Å². The van der Waals surface area contributed by atoms with Gasteiger partial charge in [-0.2, -0.15) is 0 Å². The predicted molar refractivity (Wildman–Crippen MR) is 106 cm³/mol. The third-order valence-corrected chi connectivity index (χ3v) is 4.16. The molecule has 5 nitrogen and oxygen atoms in total. The van der Waals surface area contributed by atoms with Crippen LogP contribution in [0.15, 0.2) is 60.8 Å². The van der Waals surface area contributed by atoms with Gasteiger partial charge in [-0.15, -0.1) is 0 Å². The van der Waals surface area contributed by atoms with Gasteiger partial charge in [-0.3, -0.25) is 9.78 Å². The summed E-state index contributed by atoms with van der Waals surface area (Å²) in [4.78, 5) is 16.2. The van der Waals surface area contributed by atoms with Gasteiger partial charge in [0.15, 0.2) is 0 Å². The van der Waals surface area contributed by atoms with Gasteiger partial charge in [-0.1, -0.05) is 29.8 Å². The Morgan fingerprint density at radius 3 is 2.67 bits per heavy atom. The van der Waals surface area contributed by atoms with Crippen LogP contribution in [0.25, 0.3) is 10.9 Å². The molecule has 0 saturated heterocycles. The molecule has 0 fully saturated rings. The Morgan fingerprint density at radius 2 is 1.81 bits per heavy atom. The van der Waals surface area contributed by atoms with Crippen molar-refractivity contribution >= 4 is 28.4 Å². The average molecular weight is 385 g/mol. The van der Waals surface area contributed by atoms with Gasteiger partial charge >= 0.3 is 0 Å². The molecule has 140 valence electrons. The lowest BCUT2D eigenvalue weighted by molar-refractivity contribution is -0.121. The first-order valence-electron chi connectivity index (χ1n) is 8.84. The summed E-state index contributed by atoms with van der Waals surface area (Å²) in [5.41, 5.74) is 0.850. The number of pyridine rings is 1. The van der Waals surface area contributed by atoms with E-state index < -0.39 is 0 Å². The van der Waals surface area contributed by atoms with Gasteiger partial charge in [0.1, 0.15) is 17.0 Å². The molecule has 0 aliphatic rings. The van der Waals surface area contributed by atoms with Gasteiger partial charge in [-0.25, -0.2) is 0 Å². The van der Waals surface area contributed by atoms with E-state index in [-0.39, 0.29) is 5.91 Å². The van der Waals surface area contributed by atoms with E-state index >= 15 is 0 Å². The van der Waals surface area contributed by atoms with Crippen molar-refractivity contribution in [2.24, 2.45) is 0 Å². The molecule has 2 aromatic carbocycles. The maximum absolute atomic E-state index is 11.8. The summed E-state index contributed by atoms with van der Waals surface area (Å²) in [6.45, 7) is 1.39. The van der Waals surface area contributed by atoms with Crippen LogP contribution in [0.3, 0.4) is 0 Å². The number of halogens is 1. The van der Waals surface area contributed by atoms with Crippen molar-refractivity contribution < 1.29 is 14.3 Å². The molecule has 0 spiro atoms. The summed E-state index contributed by atoms with van der Waals surface area (Å²) in [6.07, 6.45) is 2.77. The fourth-order valence-electron chi connectivity index (χ4n) is 2.56. The van der Waals surface area contributed by atoms with Gasteiger partial charge in [0.05, 0.1) is 19.6 Å². The number of carbonyl (C=O) groups is 1. The molecule has 0 aliphatic heterocycles. The van der Waals surface area contributed by atoms with Crippen molar-refractivity contribution in [3.63, 3.8) is 0 Å². The van der Waals surface area contributed by atoms with Crippen molar-refractivity contribution in [2.75, 3.05) is 19.8 Å². The van der Waals surface area contributed by atoms with E-state index in [0.717, 1.165) is 16.7 Å². The van der Waals surface area contributed by atoms with Gasteiger partial charge in [-0.05, 0) is 42.8 Å². The highest BCUT2D eigenvalue weighted by Crippen LogP contribution is 2.22. The number of ether oxygens (including phenoxy) is 2. The number of benzene rings is 2. The summed E-state index contributed by atoms with van der Waals surface area (Å²) in [7, 11) is 0. The van der Waals surface area contributed by atoms with E-state index in [1.165, 1.54) is 0 Å². The molecule has 0 saturated carbocycles. The Bertz CT molecular complexity index is 879. The maximum Gasteiger partial charge on any atom is 0.223 e. The molecule has 1 amide bonds. The summed E-state index contributed by atoms with van der Waals surface area (Å²) in [5, 5.41) is 4.57. The molecule has 0 bridgehead atoms. The van der Waals surface area contributed by atoms with Crippen LogP contribution in [-0.4, -0.2) is 30.6 Å². The topological polar surface area (TPSA) is 60.5 Å². The minimum Gasteiger partial charge on any atom is -0.493 e. The largest absolute Gasteiger partial charge is 0.493 e. The van der Waals surface area contributed by atoms with E-state index in [1.807, 2.05) is 30.3 Å². The maximum atomic E-state index is 11.8. The van der Waals surface area contributed by atoms with Gasteiger partial charge < -0.3 is 14.8 Å². The molecule has 3 aromatic rings. The van der Waals surface area contributed by atoms with E-state index in [4.69, 9.17) is 21.1 Å². The normalized spacial score (nSPS) is 10.6. The highest BCUT2D eigenvalue weighted by molar-refractivity contribution is 6.30. The molecule has 0 aliphatic carbocycles. The Kier molecular flexibility index (Phi) is 6.88. The second-order valence-corrected chi connectivity index (χ2v) is 6.37. The number of nitrogens with one attached hydrogen (secondary N) is 1. The zero-order valence-electron chi connectivity index (χ0n) is 14.9. The summed E-state index contributed by atoms with van der Waals surface area (Å²) in [5.74, 6) is 1.41. The quantitative estimate of drug-likeness (QED) is 0.560. The molecule has 0 radical (unpaired) electrons. The Hall–Kier alpha value is -2.79. The first-order valence-corrected chi connectivity index (χ1v) is 9.22. The van der Waals surface area contributed by atoms with E-state index in [2.05, 4.69) is 10.3 Å².